The average molecular weight is 312 g/mol. The van der Waals surface area contributed by atoms with E-state index in [0.29, 0.717) is 5.92 Å². The monoisotopic (exact) mass is 312 g/mol. The third kappa shape index (κ3) is 3.16. The number of benzene rings is 2. The van der Waals surface area contributed by atoms with Crippen LogP contribution in [0, 0.1) is 12.8 Å². The van der Waals surface area contributed by atoms with Crippen molar-refractivity contribution in [1.29, 1.82) is 0 Å². The maximum absolute atomic E-state index is 2.50. The maximum atomic E-state index is 2.50. The Hall–Kier alpha value is -1.45. The lowest BCUT2D eigenvalue weighted by Gasteiger charge is -2.35. The number of anilines is 2. The Morgan fingerprint density at radius 1 is 1.05 bits per heavy atom. The smallest absolute Gasteiger partial charge is 0.0555 e. The summed E-state index contributed by atoms with van der Waals surface area (Å²) < 4.78 is 0. The highest BCUT2D eigenvalue weighted by Crippen LogP contribution is 2.48. The first-order chi connectivity index (χ1) is 10.5. The highest BCUT2D eigenvalue weighted by Gasteiger charge is 2.24. The van der Waals surface area contributed by atoms with Crippen LogP contribution < -0.4 is 4.90 Å². The highest BCUT2D eigenvalue weighted by atomic mass is 32.2. The Bertz CT molecular complexity index is 666. The molecule has 0 amide bonds. The third-order valence-electron chi connectivity index (χ3n) is 3.95. The summed E-state index contributed by atoms with van der Waals surface area (Å²) in [5.74, 6) is 0.611. The van der Waals surface area contributed by atoms with Crippen LogP contribution in [0.3, 0.4) is 0 Å². The van der Waals surface area contributed by atoms with Gasteiger partial charge in [-0.05, 0) is 56.8 Å². The molecule has 0 aliphatic carbocycles. The zero-order chi connectivity index (χ0) is 15.7. The van der Waals surface area contributed by atoms with Crippen LogP contribution in [0.25, 0.3) is 0 Å². The summed E-state index contributed by atoms with van der Waals surface area (Å²) in [5.41, 5.74) is 4.02. The molecule has 0 bridgehead atoms. The van der Waals surface area contributed by atoms with Gasteiger partial charge in [0.2, 0.25) is 0 Å². The molecule has 0 fully saturated rings. The van der Waals surface area contributed by atoms with Crippen LogP contribution in [0.1, 0.15) is 12.5 Å². The van der Waals surface area contributed by atoms with E-state index in [2.05, 4.69) is 80.2 Å². The van der Waals surface area contributed by atoms with Crippen molar-refractivity contribution in [3.63, 3.8) is 0 Å². The molecule has 0 saturated heterocycles. The largest absolute Gasteiger partial charge is 0.339 e. The first-order valence-electron chi connectivity index (χ1n) is 7.84. The number of hydrogen-bond acceptors (Lipinski definition) is 3. The molecule has 0 unspecified atom stereocenters. The second-order valence-electron chi connectivity index (χ2n) is 6.52. The van der Waals surface area contributed by atoms with Crippen LogP contribution in [0.2, 0.25) is 0 Å². The molecule has 3 heteroatoms. The van der Waals surface area contributed by atoms with Crippen molar-refractivity contribution in [1.82, 2.24) is 4.90 Å². The molecule has 0 N–H and O–H groups in total. The second kappa shape index (κ2) is 6.35. The summed E-state index contributed by atoms with van der Waals surface area (Å²) in [6, 6.07) is 15.5. The summed E-state index contributed by atoms with van der Waals surface area (Å²) >= 11 is 1.88. The van der Waals surface area contributed by atoms with Gasteiger partial charge < -0.3 is 9.80 Å². The van der Waals surface area contributed by atoms with Gasteiger partial charge in [0, 0.05) is 22.9 Å². The minimum absolute atomic E-state index is 0.611. The van der Waals surface area contributed by atoms with E-state index in [1.165, 1.54) is 26.7 Å². The summed E-state index contributed by atoms with van der Waals surface area (Å²) in [6.45, 7) is 6.66. The van der Waals surface area contributed by atoms with Crippen LogP contribution in [0.4, 0.5) is 11.4 Å². The molecule has 3 rings (SSSR count). The van der Waals surface area contributed by atoms with Crippen molar-refractivity contribution in [2.45, 2.75) is 23.6 Å². The minimum atomic E-state index is 0.611. The van der Waals surface area contributed by atoms with E-state index in [4.69, 9.17) is 0 Å². The molecular formula is C19H24N2S. The molecule has 1 atom stereocenters. The van der Waals surface area contributed by atoms with Crippen molar-refractivity contribution in [3.05, 3.63) is 48.0 Å². The molecule has 1 aliphatic heterocycles. The number of nitrogens with zero attached hydrogens (tertiary/aromatic N) is 2. The van der Waals surface area contributed by atoms with E-state index >= 15 is 0 Å². The van der Waals surface area contributed by atoms with Gasteiger partial charge in [-0.25, -0.2) is 0 Å². The van der Waals surface area contributed by atoms with Gasteiger partial charge in [-0.3, -0.25) is 0 Å². The second-order valence-corrected chi connectivity index (χ2v) is 7.60. The van der Waals surface area contributed by atoms with E-state index in [1.54, 1.807) is 0 Å². The number of rotatable bonds is 4. The Morgan fingerprint density at radius 3 is 2.55 bits per heavy atom. The lowest BCUT2D eigenvalue weighted by atomic mass is 10.1. The fraction of sp³-hybridized carbons (Fsp3) is 0.368. The quantitative estimate of drug-likeness (QED) is 0.801. The van der Waals surface area contributed by atoms with Gasteiger partial charge in [0.1, 0.15) is 0 Å². The highest BCUT2D eigenvalue weighted by molar-refractivity contribution is 7.99. The van der Waals surface area contributed by atoms with Gasteiger partial charge in [0.25, 0.3) is 0 Å². The molecular weight excluding hydrogens is 288 g/mol. The Labute approximate surface area is 138 Å². The standard InChI is InChI=1S/C19H24N2S/c1-14-9-10-19-17(11-14)21(13-15(2)12-20(3)4)16-7-5-6-8-18(16)22-19/h5-11,15H,12-13H2,1-4H3/t15-/m1/s1. The van der Waals surface area contributed by atoms with Crippen LogP contribution in [-0.2, 0) is 0 Å². The van der Waals surface area contributed by atoms with E-state index in [0.717, 1.165) is 13.1 Å². The fourth-order valence-corrected chi connectivity index (χ4v) is 4.20. The summed E-state index contributed by atoms with van der Waals surface area (Å²) in [4.78, 5) is 7.49. The first-order valence-corrected chi connectivity index (χ1v) is 8.66. The molecule has 1 heterocycles. The van der Waals surface area contributed by atoms with Gasteiger partial charge in [-0.15, -0.1) is 0 Å². The maximum Gasteiger partial charge on any atom is 0.0555 e. The number of fused-ring (bicyclic) bond motifs is 2. The predicted molar refractivity (Wildman–Crippen MR) is 96.5 cm³/mol. The van der Waals surface area contributed by atoms with E-state index in [1.807, 2.05) is 11.8 Å². The fourth-order valence-electron chi connectivity index (χ4n) is 3.13. The Balaban J connectivity index is 1.98. The molecule has 2 aromatic rings. The van der Waals surface area contributed by atoms with Crippen molar-refractivity contribution < 1.29 is 0 Å². The van der Waals surface area contributed by atoms with Gasteiger partial charge >= 0.3 is 0 Å². The molecule has 22 heavy (non-hydrogen) atoms. The Morgan fingerprint density at radius 2 is 1.77 bits per heavy atom. The van der Waals surface area contributed by atoms with Gasteiger partial charge in [-0.2, -0.15) is 0 Å². The van der Waals surface area contributed by atoms with Crippen molar-refractivity contribution in [2.75, 3.05) is 32.1 Å². The SMILES string of the molecule is Cc1ccc2c(c1)N(C[C@H](C)CN(C)C)c1ccccc1S2. The molecule has 2 aromatic carbocycles. The molecule has 0 aromatic heterocycles. The molecule has 0 saturated carbocycles. The summed E-state index contributed by atoms with van der Waals surface area (Å²) in [5, 5.41) is 0. The van der Waals surface area contributed by atoms with Crippen LogP contribution in [-0.4, -0.2) is 32.1 Å². The van der Waals surface area contributed by atoms with Crippen molar-refractivity contribution in [3.8, 4) is 0 Å². The Kier molecular flexibility index (Phi) is 4.46. The average Bonchev–Trinajstić information content (AvgIpc) is 2.47. The number of aryl methyl sites for hydroxylation is 1. The zero-order valence-electron chi connectivity index (χ0n) is 13.8. The topological polar surface area (TPSA) is 6.48 Å². The van der Waals surface area contributed by atoms with Crippen molar-refractivity contribution >= 4 is 23.1 Å². The lowest BCUT2D eigenvalue weighted by molar-refractivity contribution is 0.343. The molecule has 0 spiro atoms. The normalized spacial score (nSPS) is 14.7. The van der Waals surface area contributed by atoms with Crippen LogP contribution in [0.15, 0.2) is 52.3 Å². The van der Waals surface area contributed by atoms with E-state index < -0.39 is 0 Å². The lowest BCUT2D eigenvalue weighted by Crippen LogP contribution is -2.31. The summed E-state index contributed by atoms with van der Waals surface area (Å²) in [7, 11) is 4.29. The molecule has 116 valence electrons. The minimum Gasteiger partial charge on any atom is -0.339 e. The van der Waals surface area contributed by atoms with E-state index in [9.17, 15) is 0 Å². The first kappa shape index (κ1) is 15.4. The van der Waals surface area contributed by atoms with Gasteiger partial charge in [-0.1, -0.05) is 36.9 Å². The number of para-hydroxylation sites is 1. The van der Waals surface area contributed by atoms with Crippen LogP contribution in [0.5, 0.6) is 0 Å². The van der Waals surface area contributed by atoms with Crippen molar-refractivity contribution in [2.24, 2.45) is 5.92 Å². The van der Waals surface area contributed by atoms with Gasteiger partial charge in [0.15, 0.2) is 0 Å². The zero-order valence-corrected chi connectivity index (χ0v) is 14.7. The van der Waals surface area contributed by atoms with E-state index in [-0.39, 0.29) is 0 Å². The number of hydrogen-bond donors (Lipinski definition) is 0. The molecule has 1 aliphatic rings. The predicted octanol–water partition coefficient (Wildman–Crippen LogP) is 4.80. The summed E-state index contributed by atoms with van der Waals surface area (Å²) in [6.07, 6.45) is 0. The third-order valence-corrected chi connectivity index (χ3v) is 5.08. The van der Waals surface area contributed by atoms with Crippen LogP contribution >= 0.6 is 11.8 Å². The molecule has 0 radical (unpaired) electrons. The van der Waals surface area contributed by atoms with Gasteiger partial charge in [0.05, 0.1) is 11.4 Å². The molecule has 2 nitrogen and oxygen atoms in total.